The summed E-state index contributed by atoms with van der Waals surface area (Å²) in [5.74, 6) is 2.09. The molecule has 0 saturated carbocycles. The maximum atomic E-state index is 12.0. The smallest absolute Gasteiger partial charge is 0.277 e. The van der Waals surface area contributed by atoms with E-state index >= 15 is 0 Å². The van der Waals surface area contributed by atoms with Gasteiger partial charge in [0.25, 0.3) is 5.91 Å². The van der Waals surface area contributed by atoms with Gasteiger partial charge in [-0.05, 0) is 66.3 Å². The van der Waals surface area contributed by atoms with E-state index in [1.165, 1.54) is 5.56 Å². The highest BCUT2D eigenvalue weighted by molar-refractivity contribution is 5.83. The van der Waals surface area contributed by atoms with Crippen LogP contribution >= 0.6 is 0 Å². The average molecular weight is 399 g/mol. The van der Waals surface area contributed by atoms with E-state index in [2.05, 4.69) is 24.4 Å². The molecule has 29 heavy (non-hydrogen) atoms. The second kappa shape index (κ2) is 11.1. The van der Waals surface area contributed by atoms with Crippen molar-refractivity contribution >= 4 is 12.1 Å². The van der Waals surface area contributed by atoms with Gasteiger partial charge in [-0.2, -0.15) is 5.10 Å². The summed E-state index contributed by atoms with van der Waals surface area (Å²) >= 11 is 0. The van der Waals surface area contributed by atoms with E-state index in [1.807, 2.05) is 44.2 Å². The summed E-state index contributed by atoms with van der Waals surface area (Å²) in [4.78, 5) is 12.0. The highest BCUT2D eigenvalue weighted by Gasteiger charge is 2.07. The Balaban J connectivity index is 1.87. The Hall–Kier alpha value is -3.02. The molecule has 0 bridgehead atoms. The van der Waals surface area contributed by atoms with Crippen molar-refractivity contribution in [3.8, 4) is 17.2 Å². The molecule has 2 rings (SSSR count). The SMILES string of the molecule is CCCOc1ccc(/C=N/NC(=O)COc2ccc(C(C)C)c(C)c2)cc1OC. The highest BCUT2D eigenvalue weighted by atomic mass is 16.5. The first-order chi connectivity index (χ1) is 13.9. The summed E-state index contributed by atoms with van der Waals surface area (Å²) < 4.78 is 16.5. The molecule has 0 aliphatic rings. The van der Waals surface area contributed by atoms with Gasteiger partial charge in [0.2, 0.25) is 0 Å². The van der Waals surface area contributed by atoms with Gasteiger partial charge in [0.05, 0.1) is 19.9 Å². The molecular formula is C23H30N2O4. The number of aryl methyl sites for hydroxylation is 1. The van der Waals surface area contributed by atoms with Crippen LogP contribution in [0.4, 0.5) is 0 Å². The normalized spacial score (nSPS) is 11.0. The molecular weight excluding hydrogens is 368 g/mol. The predicted octanol–water partition coefficient (Wildman–Crippen LogP) is 4.44. The third kappa shape index (κ3) is 6.82. The molecule has 2 aromatic rings. The first-order valence-electron chi connectivity index (χ1n) is 9.80. The van der Waals surface area contributed by atoms with E-state index < -0.39 is 0 Å². The molecule has 0 aromatic heterocycles. The number of hydrazone groups is 1. The van der Waals surface area contributed by atoms with Crippen LogP contribution in [0.5, 0.6) is 17.2 Å². The lowest BCUT2D eigenvalue weighted by Gasteiger charge is -2.12. The fourth-order valence-corrected chi connectivity index (χ4v) is 2.84. The second-order valence-electron chi connectivity index (χ2n) is 7.01. The molecule has 0 fully saturated rings. The van der Waals surface area contributed by atoms with Crippen molar-refractivity contribution in [3.63, 3.8) is 0 Å². The largest absolute Gasteiger partial charge is 0.493 e. The number of hydrogen-bond acceptors (Lipinski definition) is 5. The van der Waals surface area contributed by atoms with E-state index in [-0.39, 0.29) is 12.5 Å². The molecule has 2 aromatic carbocycles. The molecule has 1 N–H and O–H groups in total. The fraction of sp³-hybridized carbons (Fsp3) is 0.391. The summed E-state index contributed by atoms with van der Waals surface area (Å²) in [7, 11) is 1.59. The van der Waals surface area contributed by atoms with Crippen molar-refractivity contribution in [1.82, 2.24) is 5.43 Å². The van der Waals surface area contributed by atoms with E-state index in [4.69, 9.17) is 14.2 Å². The van der Waals surface area contributed by atoms with E-state index in [9.17, 15) is 4.79 Å². The van der Waals surface area contributed by atoms with Crippen LogP contribution in [0, 0.1) is 6.92 Å². The monoisotopic (exact) mass is 398 g/mol. The van der Waals surface area contributed by atoms with Gasteiger partial charge in [0, 0.05) is 0 Å². The van der Waals surface area contributed by atoms with Gasteiger partial charge in [0.1, 0.15) is 5.75 Å². The Morgan fingerprint density at radius 1 is 1.14 bits per heavy atom. The van der Waals surface area contributed by atoms with Gasteiger partial charge in [0.15, 0.2) is 18.1 Å². The molecule has 0 heterocycles. The van der Waals surface area contributed by atoms with Crippen molar-refractivity contribution in [3.05, 3.63) is 53.1 Å². The van der Waals surface area contributed by atoms with E-state index in [0.29, 0.717) is 29.8 Å². The number of amides is 1. The molecule has 0 aliphatic heterocycles. The maximum Gasteiger partial charge on any atom is 0.277 e. The minimum Gasteiger partial charge on any atom is -0.493 e. The number of nitrogens with one attached hydrogen (secondary N) is 1. The summed E-state index contributed by atoms with van der Waals surface area (Å²) in [6, 6.07) is 11.3. The van der Waals surface area contributed by atoms with Crippen LogP contribution in [-0.4, -0.2) is 32.4 Å². The van der Waals surface area contributed by atoms with Crippen LogP contribution in [0.25, 0.3) is 0 Å². The number of nitrogens with zero attached hydrogens (tertiary/aromatic N) is 1. The number of rotatable bonds is 10. The van der Waals surface area contributed by atoms with Crippen molar-refractivity contribution in [2.24, 2.45) is 5.10 Å². The van der Waals surface area contributed by atoms with E-state index in [0.717, 1.165) is 17.5 Å². The number of benzene rings is 2. The Kier molecular flexibility index (Phi) is 8.52. The van der Waals surface area contributed by atoms with Crippen molar-refractivity contribution in [2.75, 3.05) is 20.3 Å². The molecule has 6 heteroatoms. The maximum absolute atomic E-state index is 12.0. The topological polar surface area (TPSA) is 69.2 Å². The van der Waals surface area contributed by atoms with Gasteiger partial charge in [-0.3, -0.25) is 4.79 Å². The van der Waals surface area contributed by atoms with Crippen LogP contribution in [0.15, 0.2) is 41.5 Å². The summed E-state index contributed by atoms with van der Waals surface area (Å²) in [6.45, 7) is 8.90. The van der Waals surface area contributed by atoms with Crippen LogP contribution < -0.4 is 19.6 Å². The fourth-order valence-electron chi connectivity index (χ4n) is 2.84. The van der Waals surface area contributed by atoms with Crippen molar-refractivity contribution in [1.29, 1.82) is 0 Å². The lowest BCUT2D eigenvalue weighted by molar-refractivity contribution is -0.123. The van der Waals surface area contributed by atoms with Crippen LogP contribution in [0.1, 0.15) is 49.8 Å². The number of hydrogen-bond donors (Lipinski definition) is 1. The molecule has 156 valence electrons. The van der Waals surface area contributed by atoms with Crippen LogP contribution in [0.3, 0.4) is 0 Å². The lowest BCUT2D eigenvalue weighted by Crippen LogP contribution is -2.24. The molecule has 0 spiro atoms. The Labute approximate surface area is 172 Å². The Bertz CT molecular complexity index is 847. The minimum atomic E-state index is -0.332. The average Bonchev–Trinajstić information content (AvgIpc) is 2.70. The standard InChI is InChI=1S/C23H30N2O4/c1-6-11-28-21-10-7-18(13-22(21)27-5)14-24-25-23(26)15-29-19-8-9-20(16(2)3)17(4)12-19/h7-10,12-14,16H,6,11,15H2,1-5H3,(H,25,26)/b24-14+. The summed E-state index contributed by atoms with van der Waals surface area (Å²) in [5, 5.41) is 3.98. The summed E-state index contributed by atoms with van der Waals surface area (Å²) in [6.07, 6.45) is 2.47. The quantitative estimate of drug-likeness (QED) is 0.474. The third-order valence-corrected chi connectivity index (χ3v) is 4.29. The van der Waals surface area contributed by atoms with Gasteiger partial charge >= 0.3 is 0 Å². The van der Waals surface area contributed by atoms with Crippen LogP contribution in [-0.2, 0) is 4.79 Å². The predicted molar refractivity (Wildman–Crippen MR) is 115 cm³/mol. The number of carbonyl (C=O) groups excluding carboxylic acids is 1. The highest BCUT2D eigenvalue weighted by Crippen LogP contribution is 2.27. The van der Waals surface area contributed by atoms with Gasteiger partial charge in [-0.15, -0.1) is 0 Å². The Morgan fingerprint density at radius 3 is 2.59 bits per heavy atom. The molecule has 0 radical (unpaired) electrons. The lowest BCUT2D eigenvalue weighted by atomic mass is 9.98. The van der Waals surface area contributed by atoms with Gasteiger partial charge in [-0.25, -0.2) is 5.43 Å². The zero-order valence-corrected chi connectivity index (χ0v) is 17.8. The minimum absolute atomic E-state index is 0.106. The Morgan fingerprint density at radius 2 is 1.93 bits per heavy atom. The molecule has 0 saturated heterocycles. The molecule has 0 atom stereocenters. The molecule has 6 nitrogen and oxygen atoms in total. The van der Waals surface area contributed by atoms with E-state index in [1.54, 1.807) is 19.4 Å². The van der Waals surface area contributed by atoms with Gasteiger partial charge in [-0.1, -0.05) is 26.8 Å². The first-order valence-corrected chi connectivity index (χ1v) is 9.80. The van der Waals surface area contributed by atoms with Gasteiger partial charge < -0.3 is 14.2 Å². The number of carbonyl (C=O) groups is 1. The third-order valence-electron chi connectivity index (χ3n) is 4.29. The summed E-state index contributed by atoms with van der Waals surface area (Å²) in [5.41, 5.74) is 5.67. The first kappa shape index (κ1) is 22.3. The van der Waals surface area contributed by atoms with Crippen LogP contribution in [0.2, 0.25) is 0 Å². The molecule has 0 unspecified atom stereocenters. The zero-order chi connectivity index (χ0) is 21.2. The van der Waals surface area contributed by atoms with Crippen molar-refractivity contribution in [2.45, 2.75) is 40.0 Å². The molecule has 1 amide bonds. The zero-order valence-electron chi connectivity index (χ0n) is 17.8. The van der Waals surface area contributed by atoms with Crippen molar-refractivity contribution < 1.29 is 19.0 Å². The second-order valence-corrected chi connectivity index (χ2v) is 7.01. The number of ether oxygens (including phenoxy) is 3. The molecule has 0 aliphatic carbocycles. The number of methoxy groups -OCH3 is 1.